The monoisotopic (exact) mass is 404 g/mol. The molecule has 0 fully saturated rings. The summed E-state index contributed by atoms with van der Waals surface area (Å²) < 4.78 is 5.81. The normalized spacial score (nSPS) is 12.6. The average molecular weight is 404 g/mol. The van der Waals surface area contributed by atoms with Gasteiger partial charge in [-0.1, -0.05) is 91.0 Å². The van der Waals surface area contributed by atoms with Gasteiger partial charge in [0.2, 0.25) is 11.6 Å². The van der Waals surface area contributed by atoms with Crippen molar-refractivity contribution in [3.8, 4) is 11.1 Å². The Labute approximate surface area is 178 Å². The maximum atomic E-state index is 13.3. The van der Waals surface area contributed by atoms with E-state index in [9.17, 15) is 14.4 Å². The summed E-state index contributed by atoms with van der Waals surface area (Å²) in [6.45, 7) is 0. The summed E-state index contributed by atoms with van der Waals surface area (Å²) in [4.78, 5) is 39.5. The SMILES string of the molecule is O=C1c2ccccc2C(=O)c2c1oc(C(=O)/C=C/c1ccccc1)c2-c1ccccc1. The topological polar surface area (TPSA) is 64.3 Å². The fraction of sp³-hybridized carbons (Fsp3) is 0. The molecule has 1 aromatic heterocycles. The van der Waals surface area contributed by atoms with Crippen molar-refractivity contribution >= 4 is 23.4 Å². The standard InChI is InChI=1S/C27H16O4/c28-21(16-15-17-9-3-1-4-10-17)26-22(18-11-5-2-6-12-18)23-24(29)19-13-7-8-14-20(19)25(30)27(23)31-26/h1-16H/b16-15+. The molecule has 3 aromatic carbocycles. The highest BCUT2D eigenvalue weighted by molar-refractivity contribution is 6.31. The van der Waals surface area contributed by atoms with Gasteiger partial charge < -0.3 is 4.42 Å². The van der Waals surface area contributed by atoms with Gasteiger partial charge in [0.1, 0.15) is 0 Å². The van der Waals surface area contributed by atoms with Crippen molar-refractivity contribution < 1.29 is 18.8 Å². The van der Waals surface area contributed by atoms with Crippen LogP contribution in [0.3, 0.4) is 0 Å². The summed E-state index contributed by atoms with van der Waals surface area (Å²) in [6, 6.07) is 25.1. The molecule has 4 heteroatoms. The maximum absolute atomic E-state index is 13.3. The molecule has 0 aliphatic heterocycles. The second-order valence-corrected chi connectivity index (χ2v) is 7.19. The quantitative estimate of drug-likeness (QED) is 0.288. The number of fused-ring (bicyclic) bond motifs is 2. The molecule has 4 aromatic rings. The maximum Gasteiger partial charge on any atom is 0.229 e. The van der Waals surface area contributed by atoms with E-state index >= 15 is 0 Å². The van der Waals surface area contributed by atoms with Gasteiger partial charge in [-0.25, -0.2) is 0 Å². The molecule has 5 rings (SSSR count). The van der Waals surface area contributed by atoms with Gasteiger partial charge in [-0.3, -0.25) is 14.4 Å². The van der Waals surface area contributed by atoms with E-state index in [4.69, 9.17) is 4.42 Å². The number of allylic oxidation sites excluding steroid dienone is 1. The second kappa shape index (κ2) is 7.50. The molecule has 1 heterocycles. The van der Waals surface area contributed by atoms with Gasteiger partial charge in [-0.15, -0.1) is 0 Å². The van der Waals surface area contributed by atoms with E-state index in [2.05, 4.69) is 0 Å². The molecule has 0 unspecified atom stereocenters. The number of hydrogen-bond acceptors (Lipinski definition) is 4. The summed E-state index contributed by atoms with van der Waals surface area (Å²) in [5, 5.41) is 0. The third-order valence-corrected chi connectivity index (χ3v) is 5.27. The fourth-order valence-electron chi connectivity index (χ4n) is 3.81. The van der Waals surface area contributed by atoms with Crippen LogP contribution in [0.4, 0.5) is 0 Å². The van der Waals surface area contributed by atoms with E-state index in [1.807, 2.05) is 48.5 Å². The van der Waals surface area contributed by atoms with E-state index in [-0.39, 0.29) is 28.4 Å². The summed E-state index contributed by atoms with van der Waals surface area (Å²) in [6.07, 6.45) is 3.07. The Morgan fingerprint density at radius 2 is 1.26 bits per heavy atom. The molecule has 0 amide bonds. The van der Waals surface area contributed by atoms with Gasteiger partial charge in [0.05, 0.1) is 5.56 Å². The molecule has 0 N–H and O–H groups in total. The lowest BCUT2D eigenvalue weighted by Gasteiger charge is -2.13. The first-order valence-corrected chi connectivity index (χ1v) is 9.83. The molecular formula is C27H16O4. The largest absolute Gasteiger partial charge is 0.448 e. The number of furan rings is 1. The van der Waals surface area contributed by atoms with E-state index in [1.165, 1.54) is 6.08 Å². The Kier molecular flexibility index (Phi) is 4.53. The fourth-order valence-corrected chi connectivity index (χ4v) is 3.81. The van der Waals surface area contributed by atoms with Gasteiger partial charge in [0.25, 0.3) is 0 Å². The molecule has 31 heavy (non-hydrogen) atoms. The summed E-state index contributed by atoms with van der Waals surface area (Å²) in [7, 11) is 0. The van der Waals surface area contributed by atoms with Crippen LogP contribution < -0.4 is 0 Å². The van der Waals surface area contributed by atoms with Crippen LogP contribution in [-0.2, 0) is 0 Å². The van der Waals surface area contributed by atoms with Gasteiger partial charge in [-0.05, 0) is 17.2 Å². The average Bonchev–Trinajstić information content (AvgIpc) is 3.23. The number of carbonyl (C=O) groups is 3. The lowest BCUT2D eigenvalue weighted by atomic mass is 9.84. The van der Waals surface area contributed by atoms with Crippen LogP contribution in [-0.4, -0.2) is 17.3 Å². The molecule has 0 atom stereocenters. The van der Waals surface area contributed by atoms with Crippen molar-refractivity contribution in [2.24, 2.45) is 0 Å². The molecule has 1 aliphatic rings. The van der Waals surface area contributed by atoms with Crippen LogP contribution in [0.15, 0.2) is 95.4 Å². The minimum absolute atomic E-state index is 0.0158. The zero-order valence-corrected chi connectivity index (χ0v) is 16.4. The predicted molar refractivity (Wildman–Crippen MR) is 117 cm³/mol. The molecule has 1 aliphatic carbocycles. The number of hydrogen-bond donors (Lipinski definition) is 0. The number of rotatable bonds is 4. The van der Waals surface area contributed by atoms with Gasteiger partial charge in [0.15, 0.2) is 17.3 Å². The van der Waals surface area contributed by atoms with Gasteiger partial charge in [-0.2, -0.15) is 0 Å². The summed E-state index contributed by atoms with van der Waals surface area (Å²) >= 11 is 0. The third-order valence-electron chi connectivity index (χ3n) is 5.27. The molecule has 4 nitrogen and oxygen atoms in total. The summed E-state index contributed by atoms with van der Waals surface area (Å²) in [5.74, 6) is -1.23. The van der Waals surface area contributed by atoms with Gasteiger partial charge >= 0.3 is 0 Å². The Hall–Kier alpha value is -4.31. The Morgan fingerprint density at radius 3 is 1.94 bits per heavy atom. The predicted octanol–water partition coefficient (Wildman–Crippen LogP) is 5.62. The van der Waals surface area contributed by atoms with Crippen LogP contribution in [0.25, 0.3) is 17.2 Å². The van der Waals surface area contributed by atoms with Crippen LogP contribution in [0, 0.1) is 0 Å². The molecule has 0 radical (unpaired) electrons. The molecule has 148 valence electrons. The molecule has 0 saturated heterocycles. The zero-order chi connectivity index (χ0) is 21.4. The van der Waals surface area contributed by atoms with E-state index in [0.717, 1.165) is 5.56 Å². The van der Waals surface area contributed by atoms with Crippen LogP contribution in [0.1, 0.15) is 48.2 Å². The first-order valence-electron chi connectivity index (χ1n) is 9.83. The molecule has 0 saturated carbocycles. The van der Waals surface area contributed by atoms with Gasteiger partial charge in [0, 0.05) is 16.7 Å². The molecule has 0 bridgehead atoms. The highest BCUT2D eigenvalue weighted by Gasteiger charge is 2.38. The van der Waals surface area contributed by atoms with E-state index < -0.39 is 11.6 Å². The van der Waals surface area contributed by atoms with Crippen LogP contribution in [0.2, 0.25) is 0 Å². The summed E-state index contributed by atoms with van der Waals surface area (Å²) in [5.41, 5.74) is 2.60. The van der Waals surface area contributed by atoms with Crippen molar-refractivity contribution in [1.29, 1.82) is 0 Å². The van der Waals surface area contributed by atoms with Crippen molar-refractivity contribution in [3.63, 3.8) is 0 Å². The third kappa shape index (κ3) is 3.15. The minimum Gasteiger partial charge on any atom is -0.448 e. The number of carbonyl (C=O) groups excluding carboxylic acids is 3. The highest BCUT2D eigenvalue weighted by Crippen LogP contribution is 2.39. The smallest absolute Gasteiger partial charge is 0.229 e. The Bertz CT molecular complexity index is 1360. The first kappa shape index (κ1) is 18.7. The molecular weight excluding hydrogens is 388 g/mol. The van der Waals surface area contributed by atoms with Crippen molar-refractivity contribution in [2.45, 2.75) is 0 Å². The number of benzene rings is 3. The highest BCUT2D eigenvalue weighted by atomic mass is 16.4. The van der Waals surface area contributed by atoms with Crippen LogP contribution in [0.5, 0.6) is 0 Å². The van der Waals surface area contributed by atoms with Crippen LogP contribution >= 0.6 is 0 Å². The van der Waals surface area contributed by atoms with E-state index in [0.29, 0.717) is 16.7 Å². The zero-order valence-electron chi connectivity index (χ0n) is 16.4. The van der Waals surface area contributed by atoms with Crippen molar-refractivity contribution in [1.82, 2.24) is 0 Å². The Balaban J connectivity index is 1.69. The lowest BCUT2D eigenvalue weighted by Crippen LogP contribution is -2.19. The number of ketones is 3. The van der Waals surface area contributed by atoms with Crippen molar-refractivity contribution in [2.75, 3.05) is 0 Å². The first-order chi connectivity index (χ1) is 15.1. The molecule has 0 spiro atoms. The lowest BCUT2D eigenvalue weighted by molar-refractivity contribution is 0.0952. The second-order valence-electron chi connectivity index (χ2n) is 7.19. The van der Waals surface area contributed by atoms with E-state index in [1.54, 1.807) is 42.5 Å². The van der Waals surface area contributed by atoms with Crippen molar-refractivity contribution in [3.05, 3.63) is 125 Å². The minimum atomic E-state index is -0.415. The Morgan fingerprint density at radius 1 is 0.677 bits per heavy atom.